The highest BCUT2D eigenvalue weighted by molar-refractivity contribution is 5.92. The first kappa shape index (κ1) is 21.4. The van der Waals surface area contributed by atoms with Gasteiger partial charge in [0.25, 0.3) is 0 Å². The van der Waals surface area contributed by atoms with Gasteiger partial charge in [-0.05, 0) is 29.8 Å². The molecule has 0 N–H and O–H groups in total. The molecule has 0 bridgehead atoms. The molecule has 2 heterocycles. The van der Waals surface area contributed by atoms with Gasteiger partial charge in [-0.25, -0.2) is 9.97 Å². The van der Waals surface area contributed by atoms with Crippen molar-refractivity contribution in [2.75, 3.05) is 45.3 Å². The van der Waals surface area contributed by atoms with E-state index in [1.54, 1.807) is 32.6 Å². The van der Waals surface area contributed by atoms with Crippen LogP contribution in [-0.4, -0.2) is 61.2 Å². The minimum absolute atomic E-state index is 0.00732. The maximum Gasteiger partial charge on any atom is 0.246 e. The van der Waals surface area contributed by atoms with Crippen LogP contribution in [0.5, 0.6) is 11.5 Å². The zero-order valence-corrected chi connectivity index (χ0v) is 18.3. The Morgan fingerprint density at radius 1 is 0.938 bits per heavy atom. The van der Waals surface area contributed by atoms with E-state index in [2.05, 4.69) is 9.88 Å². The van der Waals surface area contributed by atoms with Gasteiger partial charge in [0.15, 0.2) is 17.3 Å². The molecule has 1 amide bonds. The molecule has 0 radical (unpaired) electrons. The number of hydrogen-bond donors (Lipinski definition) is 0. The van der Waals surface area contributed by atoms with Crippen LogP contribution in [-0.2, 0) is 4.79 Å². The summed E-state index contributed by atoms with van der Waals surface area (Å²) in [6.07, 6.45) is 5.19. The van der Waals surface area contributed by atoms with E-state index in [4.69, 9.17) is 14.5 Å². The molecular formula is C25H26N4O3. The van der Waals surface area contributed by atoms with Crippen molar-refractivity contribution in [1.29, 1.82) is 0 Å². The standard InChI is InChI=1S/C25H26N4O3/c1-31-21-10-8-19(18-22(21)32-2)9-11-24(30)29-16-14-28(15-17-29)23-12-13-26-25(27-23)20-6-4-3-5-7-20/h3-13,18H,14-17H2,1-2H3/b11-9+. The molecular weight excluding hydrogens is 404 g/mol. The topological polar surface area (TPSA) is 67.8 Å². The predicted molar refractivity (Wildman–Crippen MR) is 125 cm³/mol. The number of nitrogens with zero attached hydrogens (tertiary/aromatic N) is 4. The van der Waals surface area contributed by atoms with Gasteiger partial charge in [-0.2, -0.15) is 0 Å². The summed E-state index contributed by atoms with van der Waals surface area (Å²) >= 11 is 0. The fraction of sp³-hybridized carbons (Fsp3) is 0.240. The molecule has 3 aromatic rings. The van der Waals surface area contributed by atoms with Crippen LogP contribution >= 0.6 is 0 Å². The molecule has 1 aromatic heterocycles. The molecule has 7 heteroatoms. The summed E-state index contributed by atoms with van der Waals surface area (Å²) in [5, 5.41) is 0. The fourth-order valence-electron chi connectivity index (χ4n) is 3.64. The van der Waals surface area contributed by atoms with E-state index < -0.39 is 0 Å². The van der Waals surface area contributed by atoms with E-state index in [1.807, 2.05) is 59.5 Å². The van der Waals surface area contributed by atoms with Crippen LogP contribution in [0.25, 0.3) is 17.5 Å². The van der Waals surface area contributed by atoms with Crippen molar-refractivity contribution in [2.45, 2.75) is 0 Å². The lowest BCUT2D eigenvalue weighted by molar-refractivity contribution is -0.126. The molecule has 0 unspecified atom stereocenters. The third-order valence-corrected chi connectivity index (χ3v) is 5.41. The highest BCUT2D eigenvalue weighted by Gasteiger charge is 2.21. The van der Waals surface area contributed by atoms with Gasteiger partial charge in [0, 0.05) is 44.0 Å². The van der Waals surface area contributed by atoms with Crippen molar-refractivity contribution in [3.8, 4) is 22.9 Å². The number of benzene rings is 2. The minimum atomic E-state index is -0.00732. The van der Waals surface area contributed by atoms with Gasteiger partial charge in [-0.15, -0.1) is 0 Å². The second kappa shape index (κ2) is 9.96. The number of piperazine rings is 1. The van der Waals surface area contributed by atoms with Crippen molar-refractivity contribution in [3.63, 3.8) is 0 Å². The summed E-state index contributed by atoms with van der Waals surface area (Å²) in [7, 11) is 3.19. The van der Waals surface area contributed by atoms with Crippen molar-refractivity contribution in [2.24, 2.45) is 0 Å². The van der Waals surface area contributed by atoms with Crippen LogP contribution in [0.2, 0.25) is 0 Å². The first-order chi connectivity index (χ1) is 15.7. The van der Waals surface area contributed by atoms with Crippen molar-refractivity contribution < 1.29 is 14.3 Å². The number of amides is 1. The summed E-state index contributed by atoms with van der Waals surface area (Å²) in [6, 6.07) is 17.4. The number of methoxy groups -OCH3 is 2. The summed E-state index contributed by atoms with van der Waals surface area (Å²) < 4.78 is 10.6. The SMILES string of the molecule is COc1ccc(/C=C/C(=O)N2CCN(c3ccnc(-c4ccccc4)n3)CC2)cc1OC. The third kappa shape index (κ3) is 4.88. The van der Waals surface area contributed by atoms with Crippen molar-refractivity contribution >= 4 is 17.8 Å². The highest BCUT2D eigenvalue weighted by Crippen LogP contribution is 2.28. The molecule has 0 saturated carbocycles. The highest BCUT2D eigenvalue weighted by atomic mass is 16.5. The number of ether oxygens (including phenoxy) is 2. The van der Waals surface area contributed by atoms with Gasteiger partial charge in [-0.1, -0.05) is 36.4 Å². The zero-order valence-electron chi connectivity index (χ0n) is 18.3. The summed E-state index contributed by atoms with van der Waals surface area (Å²) in [6.45, 7) is 2.72. The number of hydrogen-bond acceptors (Lipinski definition) is 6. The lowest BCUT2D eigenvalue weighted by Crippen LogP contribution is -2.48. The molecule has 0 spiro atoms. The van der Waals surface area contributed by atoms with Crippen LogP contribution in [0.4, 0.5) is 5.82 Å². The Kier molecular flexibility index (Phi) is 6.65. The number of carbonyl (C=O) groups excluding carboxylic acids is 1. The van der Waals surface area contributed by atoms with E-state index in [0.717, 1.165) is 30.0 Å². The molecule has 4 rings (SSSR count). The first-order valence-corrected chi connectivity index (χ1v) is 10.5. The van der Waals surface area contributed by atoms with Gasteiger partial charge < -0.3 is 19.3 Å². The second-order valence-electron chi connectivity index (χ2n) is 7.36. The smallest absolute Gasteiger partial charge is 0.246 e. The maximum atomic E-state index is 12.7. The second-order valence-corrected chi connectivity index (χ2v) is 7.36. The quantitative estimate of drug-likeness (QED) is 0.558. The largest absolute Gasteiger partial charge is 0.493 e. The average molecular weight is 431 g/mol. The van der Waals surface area contributed by atoms with Gasteiger partial charge in [0.1, 0.15) is 5.82 Å². The molecule has 32 heavy (non-hydrogen) atoms. The molecule has 0 aliphatic carbocycles. The molecule has 0 atom stereocenters. The molecule has 2 aromatic carbocycles. The monoisotopic (exact) mass is 430 g/mol. The summed E-state index contributed by atoms with van der Waals surface area (Å²) in [5.41, 5.74) is 1.87. The molecule has 1 fully saturated rings. The van der Waals surface area contributed by atoms with Gasteiger partial charge in [0.05, 0.1) is 14.2 Å². The predicted octanol–water partition coefficient (Wildman–Crippen LogP) is 3.52. The Hall–Kier alpha value is -3.87. The Morgan fingerprint density at radius 2 is 1.69 bits per heavy atom. The lowest BCUT2D eigenvalue weighted by Gasteiger charge is -2.35. The van der Waals surface area contributed by atoms with E-state index in [-0.39, 0.29) is 5.91 Å². The van der Waals surface area contributed by atoms with Gasteiger partial charge in [-0.3, -0.25) is 4.79 Å². The Labute approximate surface area is 187 Å². The average Bonchev–Trinajstić information content (AvgIpc) is 2.87. The minimum Gasteiger partial charge on any atom is -0.493 e. The number of carbonyl (C=O) groups is 1. The number of aromatic nitrogens is 2. The van der Waals surface area contributed by atoms with E-state index in [0.29, 0.717) is 30.4 Å². The lowest BCUT2D eigenvalue weighted by atomic mass is 10.2. The maximum absolute atomic E-state index is 12.7. The fourth-order valence-corrected chi connectivity index (χ4v) is 3.64. The van der Waals surface area contributed by atoms with Crippen LogP contribution in [0.3, 0.4) is 0 Å². The molecule has 1 saturated heterocycles. The number of anilines is 1. The molecule has 1 aliphatic rings. The normalized spacial score (nSPS) is 13.9. The molecule has 7 nitrogen and oxygen atoms in total. The molecule has 1 aliphatic heterocycles. The Morgan fingerprint density at radius 3 is 2.41 bits per heavy atom. The van der Waals surface area contributed by atoms with E-state index in [1.165, 1.54) is 0 Å². The molecule has 164 valence electrons. The number of rotatable bonds is 6. The summed E-state index contributed by atoms with van der Waals surface area (Å²) in [4.78, 5) is 25.8. The van der Waals surface area contributed by atoms with Crippen LogP contribution in [0, 0.1) is 0 Å². The first-order valence-electron chi connectivity index (χ1n) is 10.5. The van der Waals surface area contributed by atoms with Crippen LogP contribution in [0.15, 0.2) is 66.9 Å². The third-order valence-electron chi connectivity index (χ3n) is 5.41. The summed E-state index contributed by atoms with van der Waals surface area (Å²) in [5.74, 6) is 2.88. The van der Waals surface area contributed by atoms with Gasteiger partial charge >= 0.3 is 0 Å². The van der Waals surface area contributed by atoms with Crippen molar-refractivity contribution in [1.82, 2.24) is 14.9 Å². The van der Waals surface area contributed by atoms with E-state index >= 15 is 0 Å². The van der Waals surface area contributed by atoms with Gasteiger partial charge in [0.2, 0.25) is 5.91 Å². The van der Waals surface area contributed by atoms with Crippen LogP contribution in [0.1, 0.15) is 5.56 Å². The van der Waals surface area contributed by atoms with Crippen molar-refractivity contribution in [3.05, 3.63) is 72.4 Å². The van der Waals surface area contributed by atoms with E-state index in [9.17, 15) is 4.79 Å². The van der Waals surface area contributed by atoms with Crippen LogP contribution < -0.4 is 14.4 Å². The zero-order chi connectivity index (χ0) is 22.3. The Balaban J connectivity index is 1.37. The Bertz CT molecular complexity index is 1090.